The normalized spacial score (nSPS) is 28.3. The van der Waals surface area contributed by atoms with Gasteiger partial charge in [-0.05, 0) is 18.2 Å². The molecule has 16 heteroatoms. The van der Waals surface area contributed by atoms with E-state index in [2.05, 4.69) is 15.1 Å². The number of aliphatic hydroxyl groups is 1. The van der Waals surface area contributed by atoms with Crippen molar-refractivity contribution in [1.29, 1.82) is 5.26 Å². The van der Waals surface area contributed by atoms with Crippen LogP contribution in [0, 0.1) is 28.8 Å². The van der Waals surface area contributed by atoms with Crippen molar-refractivity contribution in [2.24, 2.45) is 10.9 Å². The Morgan fingerprint density at radius 1 is 1.27 bits per heavy atom. The maximum atomic E-state index is 13.8. The predicted molar refractivity (Wildman–Crippen MR) is 141 cm³/mol. The molecule has 0 radical (unpaired) electrons. The molecule has 0 aliphatic carbocycles. The van der Waals surface area contributed by atoms with Gasteiger partial charge in [-0.3, -0.25) is 0 Å². The van der Waals surface area contributed by atoms with Gasteiger partial charge < -0.3 is 34.8 Å². The minimum Gasteiger partial charge on any atom is -0.378 e. The smallest absolute Gasteiger partial charge is 0.209 e. The molecule has 1 aromatic heterocycles. The van der Waals surface area contributed by atoms with Crippen molar-refractivity contribution >= 4 is 41.1 Å². The molecule has 3 aliphatic heterocycles. The fraction of sp³-hybridized carbons (Fsp3) is 0.440. The molecule has 11 nitrogen and oxygen atoms in total. The van der Waals surface area contributed by atoms with Gasteiger partial charge in [-0.1, -0.05) is 23.4 Å². The molecule has 41 heavy (non-hydrogen) atoms. The quantitative estimate of drug-likeness (QED) is 0.172. The molecule has 0 amide bonds. The number of morpholine rings is 1. The lowest BCUT2D eigenvalue weighted by Crippen LogP contribution is -2.90. The van der Waals surface area contributed by atoms with Gasteiger partial charge in [0.05, 0.1) is 23.1 Å². The molecule has 4 N–H and O–H groups in total. The van der Waals surface area contributed by atoms with Gasteiger partial charge >= 0.3 is 0 Å². The Morgan fingerprint density at radius 2 is 1.98 bits per heavy atom. The van der Waals surface area contributed by atoms with E-state index in [-0.39, 0.29) is 22.0 Å². The van der Waals surface area contributed by atoms with Crippen LogP contribution < -0.4 is 15.7 Å². The number of hydrogen-bond acceptors (Lipinski definition) is 11. The average Bonchev–Trinajstić information content (AvgIpc) is 2.97. The van der Waals surface area contributed by atoms with Crippen LogP contribution in [0.15, 0.2) is 28.2 Å². The second-order valence-electron chi connectivity index (χ2n) is 9.24. The van der Waals surface area contributed by atoms with Crippen molar-refractivity contribution in [2.75, 3.05) is 38.3 Å². The summed E-state index contributed by atoms with van der Waals surface area (Å²) >= 11 is 7.58. The van der Waals surface area contributed by atoms with Gasteiger partial charge in [0, 0.05) is 25.8 Å². The molecule has 3 fully saturated rings. The minimum atomic E-state index is -1.62. The number of nitrogens with one attached hydrogen (secondary N) is 1. The van der Waals surface area contributed by atoms with Crippen LogP contribution in [-0.2, 0) is 18.9 Å². The van der Waals surface area contributed by atoms with Gasteiger partial charge in [0.25, 0.3) is 0 Å². The van der Waals surface area contributed by atoms with E-state index in [0.717, 1.165) is 12.1 Å². The standard InChI is InChI=1S/C25H24ClF3N6O5S/c1-37-21-19(32-10-16(34-31)11-6-13(27)18(29)14(28)7-11)20-22(24(36)39-20)40-25(21)41-17-8-12(26)15(9-30)33-23(17)35-2-4-38-5-3-35/h6-8,10,19-22,24-25,36H,2-5,31H2,1H3/p+1/b32-10?,34-16+/t19?,20-,21?,22?,24?,25-/m1/s1. The summed E-state index contributed by atoms with van der Waals surface area (Å²) in [4.78, 5) is 10.1. The highest BCUT2D eigenvalue weighted by atomic mass is 35.5. The Kier molecular flexibility index (Phi) is 9.00. The van der Waals surface area contributed by atoms with E-state index in [4.69, 9.17) is 36.4 Å². The van der Waals surface area contributed by atoms with E-state index in [1.807, 2.05) is 11.0 Å². The van der Waals surface area contributed by atoms with Gasteiger partial charge in [0.1, 0.15) is 23.4 Å². The summed E-state index contributed by atoms with van der Waals surface area (Å²) in [5.41, 5.74) is -0.856. The fourth-order valence-electron chi connectivity index (χ4n) is 4.78. The number of aliphatic hydroxyl groups excluding tert-OH is 1. The summed E-state index contributed by atoms with van der Waals surface area (Å²) in [7, 11) is 1.46. The SMILES string of the molecule is COC1C([NH+]=C/C(=N\N)c2cc(F)c(F)c(F)c2)[C@H]2OC(O)C2O[C@@H]1Sc1cc(Cl)c(C#N)nc1N1CCOCC1. The summed E-state index contributed by atoms with van der Waals surface area (Å²) < 4.78 is 64.1. The first-order chi connectivity index (χ1) is 19.7. The number of hydrogen-bond donors (Lipinski definition) is 3. The van der Waals surface area contributed by atoms with Crippen LogP contribution in [0.2, 0.25) is 5.02 Å². The topological polar surface area (TPSA) is 149 Å². The van der Waals surface area contributed by atoms with Gasteiger partial charge in [-0.15, -0.1) is 0 Å². The fourth-order valence-corrected chi connectivity index (χ4v) is 6.35. The van der Waals surface area contributed by atoms with Gasteiger partial charge in [0.2, 0.25) is 6.04 Å². The van der Waals surface area contributed by atoms with Crippen LogP contribution in [-0.4, -0.2) is 91.5 Å². The summed E-state index contributed by atoms with van der Waals surface area (Å²) in [5, 5.41) is 23.5. The second-order valence-corrected chi connectivity index (χ2v) is 10.8. The molecule has 218 valence electrons. The van der Waals surface area contributed by atoms with Crippen molar-refractivity contribution in [1.82, 2.24) is 4.98 Å². The van der Waals surface area contributed by atoms with Crippen molar-refractivity contribution in [3.05, 3.63) is 51.9 Å². The molecule has 6 atom stereocenters. The number of benzene rings is 1. The van der Waals surface area contributed by atoms with Crippen molar-refractivity contribution < 1.29 is 42.2 Å². The summed E-state index contributed by atoms with van der Waals surface area (Å²) in [6.07, 6.45) is -2.07. The van der Waals surface area contributed by atoms with E-state index in [0.29, 0.717) is 37.0 Å². The van der Waals surface area contributed by atoms with Crippen LogP contribution in [0.4, 0.5) is 19.0 Å². The van der Waals surface area contributed by atoms with Gasteiger partial charge in [-0.25, -0.2) is 23.1 Å². The van der Waals surface area contributed by atoms with Crippen LogP contribution in [0.3, 0.4) is 0 Å². The number of methoxy groups -OCH3 is 1. The van der Waals surface area contributed by atoms with Gasteiger partial charge in [-0.2, -0.15) is 10.4 Å². The third-order valence-electron chi connectivity index (χ3n) is 6.85. The molecular formula is C25H25ClF3N6O5S+. The van der Waals surface area contributed by atoms with E-state index in [1.54, 1.807) is 6.07 Å². The highest BCUT2D eigenvalue weighted by Crippen LogP contribution is 2.43. The lowest BCUT2D eigenvalue weighted by molar-refractivity contribution is -0.562. The molecule has 4 heterocycles. The third-order valence-corrected chi connectivity index (χ3v) is 8.31. The Balaban J connectivity index is 1.45. The number of pyridine rings is 1. The van der Waals surface area contributed by atoms with Crippen molar-refractivity contribution in [3.63, 3.8) is 0 Å². The zero-order chi connectivity index (χ0) is 29.3. The molecule has 3 saturated heterocycles. The maximum absolute atomic E-state index is 13.8. The Morgan fingerprint density at radius 3 is 2.59 bits per heavy atom. The van der Waals surface area contributed by atoms with E-state index in [1.165, 1.54) is 25.1 Å². The average molecular weight is 614 g/mol. The second kappa shape index (κ2) is 12.5. The number of nitrogens with zero attached hydrogens (tertiary/aromatic N) is 4. The van der Waals surface area contributed by atoms with Crippen LogP contribution in [0.25, 0.3) is 0 Å². The largest absolute Gasteiger partial charge is 0.378 e. The number of nitriles is 1. The van der Waals surface area contributed by atoms with E-state index in [9.17, 15) is 23.5 Å². The Hall–Kier alpha value is -2.97. The van der Waals surface area contributed by atoms with Gasteiger partial charge in [0.15, 0.2) is 53.6 Å². The number of halogens is 4. The molecule has 4 unspecified atom stereocenters. The number of hydrazone groups is 1. The number of fused-ring (bicyclic) bond motifs is 1. The van der Waals surface area contributed by atoms with Crippen LogP contribution in [0.1, 0.15) is 11.3 Å². The van der Waals surface area contributed by atoms with Crippen molar-refractivity contribution in [2.45, 2.75) is 41.0 Å². The minimum absolute atomic E-state index is 0.0738. The van der Waals surface area contributed by atoms with E-state index < -0.39 is 53.5 Å². The molecule has 2 aromatic rings. The first kappa shape index (κ1) is 29.5. The Bertz CT molecular complexity index is 1390. The highest BCUT2D eigenvalue weighted by Gasteiger charge is 2.59. The molecule has 0 bridgehead atoms. The number of anilines is 1. The number of thioether (sulfide) groups is 1. The number of ether oxygens (including phenoxy) is 4. The molecule has 3 aliphatic rings. The molecular weight excluding hydrogens is 589 g/mol. The first-order valence-electron chi connectivity index (χ1n) is 12.4. The molecule has 0 spiro atoms. The lowest BCUT2D eigenvalue weighted by atomic mass is 9.92. The number of rotatable bonds is 7. The van der Waals surface area contributed by atoms with Crippen LogP contribution in [0.5, 0.6) is 0 Å². The van der Waals surface area contributed by atoms with Crippen LogP contribution >= 0.6 is 23.4 Å². The third kappa shape index (κ3) is 5.86. The Labute approximate surface area is 241 Å². The summed E-state index contributed by atoms with van der Waals surface area (Å²) in [6, 6.07) is 4.49. The summed E-state index contributed by atoms with van der Waals surface area (Å²) in [5.74, 6) is 1.58. The number of nitrogens with two attached hydrogens (primary N) is 1. The number of aromatic nitrogens is 1. The zero-order valence-corrected chi connectivity index (χ0v) is 23.0. The lowest BCUT2D eigenvalue weighted by Gasteiger charge is -2.49. The first-order valence-corrected chi connectivity index (χ1v) is 13.6. The monoisotopic (exact) mass is 613 g/mol. The molecule has 0 saturated carbocycles. The molecule has 5 rings (SSSR count). The molecule has 1 aromatic carbocycles. The predicted octanol–water partition coefficient (Wildman–Crippen LogP) is 0.293. The maximum Gasteiger partial charge on any atom is 0.209 e. The zero-order valence-electron chi connectivity index (χ0n) is 21.5. The summed E-state index contributed by atoms with van der Waals surface area (Å²) in [6.45, 7) is 2.07. The highest BCUT2D eigenvalue weighted by molar-refractivity contribution is 8.00. The van der Waals surface area contributed by atoms with E-state index >= 15 is 0 Å². The van der Waals surface area contributed by atoms with Crippen molar-refractivity contribution in [3.8, 4) is 6.07 Å².